The van der Waals surface area contributed by atoms with E-state index < -0.39 is 5.97 Å². The minimum atomic E-state index is -0.902. The number of carboxylic acid groups (broad SMARTS) is 1. The minimum absolute atomic E-state index is 0.0892. The third kappa shape index (κ3) is 4.21. The average Bonchev–Trinajstić information content (AvgIpc) is 2.48. The summed E-state index contributed by atoms with van der Waals surface area (Å²) in [6.07, 6.45) is 3.20. The first kappa shape index (κ1) is 15.4. The van der Waals surface area contributed by atoms with Crippen LogP contribution in [-0.4, -0.2) is 35.1 Å². The number of para-hydroxylation sites is 1. The molecule has 0 spiro atoms. The lowest BCUT2D eigenvalue weighted by Crippen LogP contribution is -2.42. The largest absolute Gasteiger partial charge is 0.481 e. The van der Waals surface area contributed by atoms with Crippen molar-refractivity contribution in [3.05, 3.63) is 29.8 Å². The van der Waals surface area contributed by atoms with E-state index >= 15 is 0 Å². The number of amides is 2. The summed E-state index contributed by atoms with van der Waals surface area (Å²) in [6, 6.07) is 6.92. The van der Waals surface area contributed by atoms with E-state index in [0.29, 0.717) is 17.2 Å². The van der Waals surface area contributed by atoms with Gasteiger partial charge in [-0.05, 0) is 30.4 Å². The van der Waals surface area contributed by atoms with Gasteiger partial charge in [-0.3, -0.25) is 4.79 Å². The maximum Gasteiger partial charge on any atom is 0.321 e. The van der Waals surface area contributed by atoms with E-state index in [9.17, 15) is 9.59 Å². The van der Waals surface area contributed by atoms with Gasteiger partial charge >= 0.3 is 12.0 Å². The normalized spacial score (nSPS) is 18.3. The highest BCUT2D eigenvalue weighted by Gasteiger charge is 2.23. The molecule has 1 saturated heterocycles. The fraction of sp³-hybridized carbons (Fsp3) is 0.500. The Labute approximate surface area is 125 Å². The molecule has 0 aliphatic carbocycles. The van der Waals surface area contributed by atoms with Crippen LogP contribution in [0.3, 0.4) is 0 Å². The molecule has 1 aliphatic rings. The fourth-order valence-electron chi connectivity index (χ4n) is 2.74. The Morgan fingerprint density at radius 3 is 2.86 bits per heavy atom. The summed E-state index contributed by atoms with van der Waals surface area (Å²) in [4.78, 5) is 25.0. The first-order chi connectivity index (χ1) is 10.1. The van der Waals surface area contributed by atoms with Gasteiger partial charge in [-0.25, -0.2) is 4.79 Å². The van der Waals surface area contributed by atoms with Crippen molar-refractivity contribution in [1.29, 1.82) is 0 Å². The fourth-order valence-corrected chi connectivity index (χ4v) is 2.74. The van der Waals surface area contributed by atoms with Crippen LogP contribution in [0, 0.1) is 5.92 Å². The number of likely N-dealkylation sites (tertiary alicyclic amines) is 1. The Hall–Kier alpha value is -2.04. The molecule has 0 aromatic heterocycles. The first-order valence-corrected chi connectivity index (χ1v) is 7.45. The Kier molecular flexibility index (Phi) is 5.20. The molecule has 114 valence electrons. The van der Waals surface area contributed by atoms with Gasteiger partial charge in [-0.1, -0.05) is 31.5 Å². The van der Waals surface area contributed by atoms with E-state index in [1.807, 2.05) is 4.90 Å². The molecule has 1 heterocycles. The number of carbonyl (C=O) groups excluding carboxylic acids is 1. The molecular weight excluding hydrogens is 268 g/mol. The third-order valence-corrected chi connectivity index (χ3v) is 3.98. The van der Waals surface area contributed by atoms with Crippen molar-refractivity contribution < 1.29 is 14.7 Å². The predicted octanol–water partition coefficient (Wildman–Crippen LogP) is 2.97. The Morgan fingerprint density at radius 1 is 1.38 bits per heavy atom. The van der Waals surface area contributed by atoms with Gasteiger partial charge in [0.25, 0.3) is 0 Å². The van der Waals surface area contributed by atoms with Crippen LogP contribution in [0.4, 0.5) is 10.5 Å². The zero-order valence-electron chi connectivity index (χ0n) is 12.3. The van der Waals surface area contributed by atoms with Gasteiger partial charge in [0.15, 0.2) is 0 Å². The van der Waals surface area contributed by atoms with Gasteiger partial charge in [0, 0.05) is 18.8 Å². The quantitative estimate of drug-likeness (QED) is 0.895. The van der Waals surface area contributed by atoms with E-state index in [2.05, 4.69) is 12.2 Å². The average molecular weight is 290 g/mol. The zero-order chi connectivity index (χ0) is 15.2. The lowest BCUT2D eigenvalue weighted by molar-refractivity contribution is -0.136. The van der Waals surface area contributed by atoms with Crippen molar-refractivity contribution in [1.82, 2.24) is 4.90 Å². The van der Waals surface area contributed by atoms with Crippen LogP contribution >= 0.6 is 0 Å². The molecule has 1 unspecified atom stereocenters. The van der Waals surface area contributed by atoms with Gasteiger partial charge in [-0.2, -0.15) is 0 Å². The number of rotatable bonds is 4. The summed E-state index contributed by atoms with van der Waals surface area (Å²) in [7, 11) is 0. The van der Waals surface area contributed by atoms with Crippen molar-refractivity contribution in [2.75, 3.05) is 18.4 Å². The molecular formula is C16H22N2O3. The number of carbonyl (C=O) groups is 2. The molecule has 1 aromatic rings. The summed E-state index contributed by atoms with van der Waals surface area (Å²) >= 11 is 0. The van der Waals surface area contributed by atoms with Crippen molar-refractivity contribution in [3.8, 4) is 0 Å². The number of nitrogens with one attached hydrogen (secondary N) is 1. The van der Waals surface area contributed by atoms with Crippen LogP contribution < -0.4 is 5.32 Å². The maximum absolute atomic E-state index is 12.3. The van der Waals surface area contributed by atoms with E-state index in [0.717, 1.165) is 25.9 Å². The van der Waals surface area contributed by atoms with E-state index in [-0.39, 0.29) is 12.5 Å². The predicted molar refractivity (Wildman–Crippen MR) is 81.4 cm³/mol. The van der Waals surface area contributed by atoms with Crippen LogP contribution in [0.15, 0.2) is 24.3 Å². The standard InChI is InChI=1S/C16H22N2O3/c1-2-12-6-5-9-18(11-12)16(21)17-14-8-4-3-7-13(14)10-15(19)20/h3-4,7-8,12H,2,5-6,9-11H2,1H3,(H,17,21)(H,19,20). The second-order valence-corrected chi connectivity index (χ2v) is 5.52. The monoisotopic (exact) mass is 290 g/mol. The second kappa shape index (κ2) is 7.11. The van der Waals surface area contributed by atoms with Crippen molar-refractivity contribution in [2.24, 2.45) is 5.92 Å². The van der Waals surface area contributed by atoms with E-state index in [4.69, 9.17) is 5.11 Å². The minimum Gasteiger partial charge on any atom is -0.481 e. The highest BCUT2D eigenvalue weighted by molar-refractivity contribution is 5.91. The third-order valence-electron chi connectivity index (χ3n) is 3.98. The van der Waals surface area contributed by atoms with Gasteiger partial charge in [-0.15, -0.1) is 0 Å². The summed E-state index contributed by atoms with van der Waals surface area (Å²) < 4.78 is 0. The number of anilines is 1. The number of aliphatic carboxylic acids is 1. The van der Waals surface area contributed by atoms with Crippen LogP contribution in [0.5, 0.6) is 0 Å². The lowest BCUT2D eigenvalue weighted by atomic mass is 9.96. The molecule has 5 heteroatoms. The molecule has 1 aliphatic heterocycles. The molecule has 2 rings (SSSR count). The molecule has 2 N–H and O–H groups in total. The summed E-state index contributed by atoms with van der Waals surface area (Å²) in [5, 5.41) is 11.8. The molecule has 0 radical (unpaired) electrons. The Bertz CT molecular complexity index is 516. The molecule has 1 atom stereocenters. The smallest absolute Gasteiger partial charge is 0.321 e. The number of benzene rings is 1. The highest BCUT2D eigenvalue weighted by atomic mass is 16.4. The van der Waals surface area contributed by atoms with E-state index in [1.165, 1.54) is 6.42 Å². The molecule has 2 amide bonds. The Morgan fingerprint density at radius 2 is 2.14 bits per heavy atom. The van der Waals surface area contributed by atoms with Crippen molar-refractivity contribution in [2.45, 2.75) is 32.6 Å². The molecule has 0 saturated carbocycles. The topological polar surface area (TPSA) is 69.6 Å². The number of piperidine rings is 1. The maximum atomic E-state index is 12.3. The number of hydrogen-bond acceptors (Lipinski definition) is 2. The molecule has 1 aromatic carbocycles. The van der Waals surface area contributed by atoms with Gasteiger partial charge < -0.3 is 15.3 Å². The summed E-state index contributed by atoms with van der Waals surface area (Å²) in [5.74, 6) is -0.334. The number of carboxylic acids is 1. The molecule has 21 heavy (non-hydrogen) atoms. The van der Waals surface area contributed by atoms with Crippen LogP contribution in [-0.2, 0) is 11.2 Å². The van der Waals surface area contributed by atoms with Crippen LogP contribution in [0.1, 0.15) is 31.7 Å². The number of nitrogens with zero attached hydrogens (tertiary/aromatic N) is 1. The number of hydrogen-bond donors (Lipinski definition) is 2. The number of urea groups is 1. The first-order valence-electron chi connectivity index (χ1n) is 7.45. The van der Waals surface area contributed by atoms with Crippen LogP contribution in [0.25, 0.3) is 0 Å². The van der Waals surface area contributed by atoms with Gasteiger partial charge in [0.2, 0.25) is 0 Å². The van der Waals surface area contributed by atoms with Crippen molar-refractivity contribution >= 4 is 17.7 Å². The van der Waals surface area contributed by atoms with Gasteiger partial charge in [0.05, 0.1) is 6.42 Å². The summed E-state index contributed by atoms with van der Waals surface area (Å²) in [5.41, 5.74) is 1.21. The van der Waals surface area contributed by atoms with E-state index in [1.54, 1.807) is 24.3 Å². The highest BCUT2D eigenvalue weighted by Crippen LogP contribution is 2.21. The second-order valence-electron chi connectivity index (χ2n) is 5.52. The molecule has 0 bridgehead atoms. The Balaban J connectivity index is 2.04. The lowest BCUT2D eigenvalue weighted by Gasteiger charge is -2.32. The van der Waals surface area contributed by atoms with Gasteiger partial charge in [0.1, 0.15) is 0 Å². The van der Waals surface area contributed by atoms with Crippen molar-refractivity contribution in [3.63, 3.8) is 0 Å². The zero-order valence-corrected chi connectivity index (χ0v) is 12.3. The SMILES string of the molecule is CCC1CCCN(C(=O)Nc2ccccc2CC(=O)O)C1. The molecule has 5 nitrogen and oxygen atoms in total. The van der Waals surface area contributed by atoms with Crippen LogP contribution in [0.2, 0.25) is 0 Å². The summed E-state index contributed by atoms with van der Waals surface area (Å²) in [6.45, 7) is 3.70. The molecule has 1 fully saturated rings.